The maximum atomic E-state index is 12.0. The van der Waals surface area contributed by atoms with Crippen molar-refractivity contribution in [3.05, 3.63) is 0 Å². The van der Waals surface area contributed by atoms with Gasteiger partial charge in [0.1, 0.15) is 0 Å². The van der Waals surface area contributed by atoms with E-state index < -0.39 is 12.0 Å². The number of rotatable bonds is 7. The molecule has 7 nitrogen and oxygen atoms in total. The molecule has 2 amide bonds. The van der Waals surface area contributed by atoms with Crippen LogP contribution in [0.4, 0.5) is 0 Å². The molecule has 1 rings (SSSR count). The maximum Gasteiger partial charge on any atom is 0.317 e. The smallest absolute Gasteiger partial charge is 0.317 e. The lowest BCUT2D eigenvalue weighted by Gasteiger charge is -2.25. The van der Waals surface area contributed by atoms with E-state index in [4.69, 9.17) is 9.84 Å². The fourth-order valence-corrected chi connectivity index (χ4v) is 2.01. The Hall–Kier alpha value is -1.47. The van der Waals surface area contributed by atoms with Gasteiger partial charge in [0.05, 0.1) is 25.6 Å². The highest BCUT2D eigenvalue weighted by atomic mass is 16.5. The molecule has 0 spiro atoms. The van der Waals surface area contributed by atoms with Crippen molar-refractivity contribution in [1.29, 1.82) is 0 Å². The molecule has 1 aliphatic heterocycles. The third-order valence-corrected chi connectivity index (χ3v) is 2.90. The van der Waals surface area contributed by atoms with E-state index >= 15 is 0 Å². The van der Waals surface area contributed by atoms with Gasteiger partial charge in [-0.2, -0.15) is 0 Å². The average Bonchev–Trinajstić information content (AvgIpc) is 2.59. The lowest BCUT2D eigenvalue weighted by atomic mass is 10.2. The van der Waals surface area contributed by atoms with Crippen molar-refractivity contribution in [2.75, 3.05) is 33.4 Å². The Morgan fingerprint density at radius 1 is 1.56 bits per heavy atom. The van der Waals surface area contributed by atoms with Gasteiger partial charge in [-0.1, -0.05) is 0 Å². The second-order valence-electron chi connectivity index (χ2n) is 4.05. The molecule has 0 aliphatic carbocycles. The van der Waals surface area contributed by atoms with Crippen molar-refractivity contribution in [2.24, 2.45) is 0 Å². The topological polar surface area (TPSA) is 87.2 Å². The highest BCUT2D eigenvalue weighted by molar-refractivity contribution is 6.05. The third kappa shape index (κ3) is 3.27. The highest BCUT2D eigenvalue weighted by Crippen LogP contribution is 2.18. The zero-order valence-electron chi connectivity index (χ0n) is 10.6. The van der Waals surface area contributed by atoms with E-state index in [1.54, 1.807) is 6.92 Å². The van der Waals surface area contributed by atoms with Crippen LogP contribution in [0, 0.1) is 0 Å². The Morgan fingerprint density at radius 3 is 2.67 bits per heavy atom. The molecule has 1 N–H and O–H groups in total. The van der Waals surface area contributed by atoms with Crippen molar-refractivity contribution in [3.8, 4) is 0 Å². The molecule has 1 aliphatic rings. The van der Waals surface area contributed by atoms with Gasteiger partial charge < -0.3 is 9.84 Å². The van der Waals surface area contributed by atoms with Crippen molar-refractivity contribution >= 4 is 17.8 Å². The average molecular weight is 258 g/mol. The van der Waals surface area contributed by atoms with Crippen molar-refractivity contribution in [3.63, 3.8) is 0 Å². The number of aliphatic carboxylic acids is 1. The molecule has 1 fully saturated rings. The lowest BCUT2D eigenvalue weighted by molar-refractivity contribution is -0.141. The van der Waals surface area contributed by atoms with Crippen molar-refractivity contribution < 1.29 is 24.2 Å². The molecule has 18 heavy (non-hydrogen) atoms. The summed E-state index contributed by atoms with van der Waals surface area (Å²) >= 11 is 0. The standard InChI is InChI=1S/C11H18N2O5/c1-3-13-9(14)6-8(11(13)17)12(4-5-18-2)7-10(15)16/h8H,3-7H2,1-2H3,(H,15,16). The molecule has 0 aromatic heterocycles. The third-order valence-electron chi connectivity index (χ3n) is 2.90. The quantitative estimate of drug-likeness (QED) is 0.600. The van der Waals surface area contributed by atoms with E-state index in [0.29, 0.717) is 19.7 Å². The number of hydrogen-bond donors (Lipinski definition) is 1. The Labute approximate surface area is 105 Å². The number of carboxylic acids is 1. The predicted octanol–water partition coefficient (Wildman–Crippen LogP) is -0.833. The Balaban J connectivity index is 2.76. The molecular formula is C11H18N2O5. The summed E-state index contributed by atoms with van der Waals surface area (Å²) in [5.41, 5.74) is 0. The van der Waals surface area contributed by atoms with Crippen LogP contribution < -0.4 is 0 Å². The van der Waals surface area contributed by atoms with Crippen molar-refractivity contribution in [2.45, 2.75) is 19.4 Å². The predicted molar refractivity (Wildman–Crippen MR) is 61.9 cm³/mol. The number of ether oxygens (including phenoxy) is 1. The van der Waals surface area contributed by atoms with Crippen LogP contribution in [0.1, 0.15) is 13.3 Å². The molecular weight excluding hydrogens is 240 g/mol. The summed E-state index contributed by atoms with van der Waals surface area (Å²) in [6, 6.07) is -0.677. The van der Waals surface area contributed by atoms with Gasteiger partial charge in [0.25, 0.3) is 0 Å². The number of nitrogens with zero attached hydrogens (tertiary/aromatic N) is 2. The van der Waals surface area contributed by atoms with Crippen LogP contribution in [0.25, 0.3) is 0 Å². The molecule has 7 heteroatoms. The summed E-state index contributed by atoms with van der Waals surface area (Å²) in [4.78, 5) is 37.0. The summed E-state index contributed by atoms with van der Waals surface area (Å²) in [6.07, 6.45) is 0.0453. The van der Waals surface area contributed by atoms with E-state index in [-0.39, 0.29) is 24.8 Å². The number of carbonyl (C=O) groups excluding carboxylic acids is 2. The second kappa shape index (κ2) is 6.46. The number of amides is 2. The lowest BCUT2D eigenvalue weighted by Crippen LogP contribution is -2.45. The van der Waals surface area contributed by atoms with Crippen LogP contribution in [0.2, 0.25) is 0 Å². The first-order chi connectivity index (χ1) is 8.51. The first kappa shape index (κ1) is 14.6. The van der Waals surface area contributed by atoms with E-state index in [0.717, 1.165) is 4.90 Å². The normalized spacial score (nSPS) is 19.9. The minimum absolute atomic E-state index is 0.0453. The number of hydrogen-bond acceptors (Lipinski definition) is 5. The van der Waals surface area contributed by atoms with Gasteiger partial charge in [-0.25, -0.2) is 0 Å². The van der Waals surface area contributed by atoms with Crippen LogP contribution in [0.3, 0.4) is 0 Å². The monoisotopic (exact) mass is 258 g/mol. The fraction of sp³-hybridized carbons (Fsp3) is 0.727. The van der Waals surface area contributed by atoms with Crippen LogP contribution in [0.15, 0.2) is 0 Å². The molecule has 1 unspecified atom stereocenters. The van der Waals surface area contributed by atoms with Gasteiger partial charge in [0.2, 0.25) is 11.8 Å². The number of imide groups is 1. The summed E-state index contributed by atoms with van der Waals surface area (Å²) < 4.78 is 4.88. The second-order valence-corrected chi connectivity index (χ2v) is 4.05. The number of likely N-dealkylation sites (tertiary alicyclic amines) is 1. The number of carbonyl (C=O) groups is 3. The van der Waals surface area contributed by atoms with E-state index in [1.165, 1.54) is 12.0 Å². The summed E-state index contributed by atoms with van der Waals surface area (Å²) in [6.45, 7) is 2.39. The number of likely N-dealkylation sites (N-methyl/N-ethyl adjacent to an activating group) is 1. The molecule has 0 bridgehead atoms. The van der Waals surface area contributed by atoms with Crippen LogP contribution in [0.5, 0.6) is 0 Å². The molecule has 0 aromatic carbocycles. The SMILES string of the molecule is CCN1C(=O)CC(N(CCOC)CC(=O)O)C1=O. The molecule has 1 saturated heterocycles. The largest absolute Gasteiger partial charge is 0.480 e. The number of methoxy groups -OCH3 is 1. The van der Waals surface area contributed by atoms with E-state index in [2.05, 4.69) is 0 Å². The van der Waals surface area contributed by atoms with E-state index in [1.807, 2.05) is 0 Å². The Morgan fingerprint density at radius 2 is 2.22 bits per heavy atom. The van der Waals surface area contributed by atoms with Gasteiger partial charge in [0, 0.05) is 20.2 Å². The van der Waals surface area contributed by atoms with Gasteiger partial charge in [0.15, 0.2) is 0 Å². The number of carboxylic acid groups (broad SMARTS) is 1. The van der Waals surface area contributed by atoms with Gasteiger partial charge in [-0.15, -0.1) is 0 Å². The molecule has 1 atom stereocenters. The van der Waals surface area contributed by atoms with Crippen LogP contribution in [-0.2, 0) is 19.1 Å². The zero-order valence-corrected chi connectivity index (χ0v) is 10.6. The first-order valence-corrected chi connectivity index (χ1v) is 5.80. The fourth-order valence-electron chi connectivity index (χ4n) is 2.01. The van der Waals surface area contributed by atoms with Gasteiger partial charge in [-0.05, 0) is 6.92 Å². The van der Waals surface area contributed by atoms with Crippen LogP contribution >= 0.6 is 0 Å². The first-order valence-electron chi connectivity index (χ1n) is 5.80. The Bertz CT molecular complexity index is 344. The maximum absolute atomic E-state index is 12.0. The van der Waals surface area contributed by atoms with Gasteiger partial charge >= 0.3 is 5.97 Å². The molecule has 0 radical (unpaired) electrons. The minimum Gasteiger partial charge on any atom is -0.480 e. The summed E-state index contributed by atoms with van der Waals surface area (Å²) in [7, 11) is 1.50. The molecule has 0 aromatic rings. The molecule has 1 heterocycles. The summed E-state index contributed by atoms with van der Waals surface area (Å²) in [5.74, 6) is -1.60. The molecule has 0 saturated carbocycles. The molecule has 102 valence electrons. The Kier molecular flexibility index (Phi) is 5.24. The zero-order chi connectivity index (χ0) is 13.7. The minimum atomic E-state index is -1.03. The van der Waals surface area contributed by atoms with Crippen LogP contribution in [-0.4, -0.2) is 72.1 Å². The summed E-state index contributed by atoms with van der Waals surface area (Å²) in [5, 5.41) is 8.83. The van der Waals surface area contributed by atoms with Gasteiger partial charge in [-0.3, -0.25) is 24.2 Å². The van der Waals surface area contributed by atoms with Crippen molar-refractivity contribution in [1.82, 2.24) is 9.80 Å². The van der Waals surface area contributed by atoms with E-state index in [9.17, 15) is 14.4 Å². The highest BCUT2D eigenvalue weighted by Gasteiger charge is 2.41.